The molecule has 0 aromatic carbocycles. The van der Waals surface area contributed by atoms with Gasteiger partial charge < -0.3 is 19.9 Å². The number of aliphatic imine (C=N–C) groups is 1. The largest absolute Gasteiger partial charge is 0.380 e. The van der Waals surface area contributed by atoms with E-state index < -0.39 is 0 Å². The summed E-state index contributed by atoms with van der Waals surface area (Å²) in [6.07, 6.45) is 1.54. The van der Waals surface area contributed by atoms with Crippen molar-refractivity contribution in [2.45, 2.75) is 20.4 Å². The molecule has 1 rings (SSSR count). The van der Waals surface area contributed by atoms with Crippen LogP contribution in [0.15, 0.2) is 21.8 Å². The summed E-state index contributed by atoms with van der Waals surface area (Å²) in [7, 11) is 0. The molecule has 6 heteroatoms. The third-order valence-corrected chi connectivity index (χ3v) is 1.98. The van der Waals surface area contributed by atoms with Crippen LogP contribution in [-0.2, 0) is 11.3 Å². The van der Waals surface area contributed by atoms with Crippen molar-refractivity contribution in [3.05, 3.63) is 18.0 Å². The van der Waals surface area contributed by atoms with E-state index in [0.29, 0.717) is 13.2 Å². The predicted molar refractivity (Wildman–Crippen MR) is 65.8 cm³/mol. The van der Waals surface area contributed by atoms with Gasteiger partial charge in [-0.2, -0.15) is 0 Å². The first-order chi connectivity index (χ1) is 8.36. The molecule has 0 fully saturated rings. The first kappa shape index (κ1) is 13.5. The maximum absolute atomic E-state index is 5.24. The number of aromatic nitrogens is 1. The first-order valence-electron chi connectivity index (χ1n) is 5.86. The highest BCUT2D eigenvalue weighted by molar-refractivity contribution is 5.79. The number of ether oxygens (including phenoxy) is 1. The molecule has 0 saturated heterocycles. The van der Waals surface area contributed by atoms with Crippen LogP contribution in [0.4, 0.5) is 0 Å². The van der Waals surface area contributed by atoms with Gasteiger partial charge in [-0.15, -0.1) is 0 Å². The normalized spacial score (nSPS) is 11.5. The Hall–Kier alpha value is -1.56. The van der Waals surface area contributed by atoms with Crippen LogP contribution in [0.3, 0.4) is 0 Å². The highest BCUT2D eigenvalue weighted by atomic mass is 16.5. The third kappa shape index (κ3) is 5.91. The van der Waals surface area contributed by atoms with Gasteiger partial charge in [-0.1, -0.05) is 5.16 Å². The first-order valence-corrected chi connectivity index (χ1v) is 5.86. The second-order valence-corrected chi connectivity index (χ2v) is 3.31. The molecule has 0 aliphatic heterocycles. The van der Waals surface area contributed by atoms with Gasteiger partial charge >= 0.3 is 0 Å². The Kier molecular flexibility index (Phi) is 6.81. The zero-order valence-electron chi connectivity index (χ0n) is 10.4. The average molecular weight is 240 g/mol. The molecule has 1 heterocycles. The van der Waals surface area contributed by atoms with Crippen molar-refractivity contribution in [2.75, 3.05) is 26.3 Å². The van der Waals surface area contributed by atoms with E-state index in [2.05, 4.69) is 20.8 Å². The fraction of sp³-hybridized carbons (Fsp3) is 0.636. The Bertz CT molecular complexity index is 311. The number of hydrogen-bond acceptors (Lipinski definition) is 4. The quantitative estimate of drug-likeness (QED) is 0.418. The molecule has 2 N–H and O–H groups in total. The van der Waals surface area contributed by atoms with Crippen molar-refractivity contribution in [2.24, 2.45) is 4.99 Å². The van der Waals surface area contributed by atoms with Crippen LogP contribution >= 0.6 is 0 Å². The van der Waals surface area contributed by atoms with E-state index in [1.807, 2.05) is 13.8 Å². The Morgan fingerprint density at radius 2 is 2.35 bits per heavy atom. The summed E-state index contributed by atoms with van der Waals surface area (Å²) < 4.78 is 9.98. The van der Waals surface area contributed by atoms with E-state index in [1.54, 1.807) is 12.3 Å². The monoisotopic (exact) mass is 240 g/mol. The summed E-state index contributed by atoms with van der Waals surface area (Å²) >= 11 is 0. The minimum absolute atomic E-state index is 0.500. The number of nitrogens with zero attached hydrogens (tertiary/aromatic N) is 2. The zero-order chi connectivity index (χ0) is 12.3. The maximum Gasteiger partial charge on any atom is 0.191 e. The van der Waals surface area contributed by atoms with Gasteiger partial charge in [0.25, 0.3) is 0 Å². The van der Waals surface area contributed by atoms with Crippen LogP contribution in [-0.4, -0.2) is 37.4 Å². The van der Waals surface area contributed by atoms with Crippen LogP contribution in [0.1, 0.15) is 19.5 Å². The smallest absolute Gasteiger partial charge is 0.191 e. The van der Waals surface area contributed by atoms with Gasteiger partial charge in [-0.05, 0) is 13.8 Å². The van der Waals surface area contributed by atoms with E-state index in [0.717, 1.165) is 31.3 Å². The van der Waals surface area contributed by atoms with Gasteiger partial charge in [0.1, 0.15) is 12.0 Å². The second kappa shape index (κ2) is 8.58. The van der Waals surface area contributed by atoms with Crippen LogP contribution in [0, 0.1) is 0 Å². The summed E-state index contributed by atoms with van der Waals surface area (Å²) in [4.78, 5) is 4.37. The standard InChI is InChI=1S/C11H20N4O2/c1-3-12-11(13-6-8-16-4-2)14-9-10-5-7-17-15-10/h5,7H,3-4,6,8-9H2,1-2H3,(H2,12,13,14). The number of rotatable bonds is 7. The number of hydrogen-bond donors (Lipinski definition) is 2. The lowest BCUT2D eigenvalue weighted by molar-refractivity contribution is 0.152. The molecule has 6 nitrogen and oxygen atoms in total. The van der Waals surface area contributed by atoms with Gasteiger partial charge in [0.15, 0.2) is 5.96 Å². The summed E-state index contributed by atoms with van der Waals surface area (Å²) in [6.45, 7) is 7.46. The Balaban J connectivity index is 2.33. The van der Waals surface area contributed by atoms with Gasteiger partial charge in [-0.3, -0.25) is 0 Å². The summed E-state index contributed by atoms with van der Waals surface area (Å²) in [5.41, 5.74) is 0.812. The van der Waals surface area contributed by atoms with Crippen LogP contribution in [0.2, 0.25) is 0 Å². The van der Waals surface area contributed by atoms with Gasteiger partial charge in [0.2, 0.25) is 0 Å². The fourth-order valence-electron chi connectivity index (χ4n) is 1.21. The second-order valence-electron chi connectivity index (χ2n) is 3.31. The molecule has 96 valence electrons. The van der Waals surface area contributed by atoms with E-state index in [9.17, 15) is 0 Å². The molecule has 0 unspecified atom stereocenters. The minimum atomic E-state index is 0.500. The van der Waals surface area contributed by atoms with Gasteiger partial charge in [0.05, 0.1) is 13.2 Å². The van der Waals surface area contributed by atoms with E-state index >= 15 is 0 Å². The third-order valence-electron chi connectivity index (χ3n) is 1.98. The van der Waals surface area contributed by atoms with Crippen molar-refractivity contribution in [3.8, 4) is 0 Å². The molecule has 17 heavy (non-hydrogen) atoms. The van der Waals surface area contributed by atoms with Gasteiger partial charge in [-0.25, -0.2) is 4.99 Å². The summed E-state index contributed by atoms with van der Waals surface area (Å²) in [5, 5.41) is 10.1. The van der Waals surface area contributed by atoms with Crippen molar-refractivity contribution in [1.82, 2.24) is 15.8 Å². The highest BCUT2D eigenvalue weighted by Gasteiger charge is 1.98. The molecule has 0 aliphatic carbocycles. The molecule has 0 aliphatic rings. The molecule has 0 saturated carbocycles. The Morgan fingerprint density at radius 3 is 3.00 bits per heavy atom. The Labute approximate surface area is 101 Å². The molecule has 0 atom stereocenters. The Morgan fingerprint density at radius 1 is 1.47 bits per heavy atom. The van der Waals surface area contributed by atoms with Crippen molar-refractivity contribution < 1.29 is 9.26 Å². The molecular formula is C11H20N4O2. The molecule has 0 amide bonds. The topological polar surface area (TPSA) is 71.7 Å². The SMILES string of the molecule is CCNC(=NCc1ccon1)NCCOCC. The van der Waals surface area contributed by atoms with E-state index in [4.69, 9.17) is 9.26 Å². The molecule has 1 aromatic heterocycles. The van der Waals surface area contributed by atoms with Crippen molar-refractivity contribution in [1.29, 1.82) is 0 Å². The summed E-state index contributed by atoms with van der Waals surface area (Å²) in [5.74, 6) is 0.759. The predicted octanol–water partition coefficient (Wildman–Crippen LogP) is 0.766. The molecule has 1 aromatic rings. The summed E-state index contributed by atoms with van der Waals surface area (Å²) in [6, 6.07) is 1.80. The van der Waals surface area contributed by atoms with Crippen molar-refractivity contribution >= 4 is 5.96 Å². The van der Waals surface area contributed by atoms with Crippen LogP contribution < -0.4 is 10.6 Å². The van der Waals surface area contributed by atoms with Crippen LogP contribution in [0.5, 0.6) is 0 Å². The lowest BCUT2D eigenvalue weighted by Crippen LogP contribution is -2.39. The molecule has 0 radical (unpaired) electrons. The lowest BCUT2D eigenvalue weighted by atomic mass is 10.4. The minimum Gasteiger partial charge on any atom is -0.380 e. The van der Waals surface area contributed by atoms with Crippen LogP contribution in [0.25, 0.3) is 0 Å². The fourth-order valence-corrected chi connectivity index (χ4v) is 1.21. The van der Waals surface area contributed by atoms with Gasteiger partial charge in [0, 0.05) is 25.8 Å². The lowest BCUT2D eigenvalue weighted by Gasteiger charge is -2.10. The maximum atomic E-state index is 5.24. The molecular weight excluding hydrogens is 220 g/mol. The number of nitrogens with one attached hydrogen (secondary N) is 2. The van der Waals surface area contributed by atoms with Crippen molar-refractivity contribution in [3.63, 3.8) is 0 Å². The molecule has 0 spiro atoms. The van der Waals surface area contributed by atoms with E-state index in [-0.39, 0.29) is 0 Å². The van der Waals surface area contributed by atoms with E-state index in [1.165, 1.54) is 0 Å². The zero-order valence-corrected chi connectivity index (χ0v) is 10.4. The average Bonchev–Trinajstić information content (AvgIpc) is 2.84. The highest BCUT2D eigenvalue weighted by Crippen LogP contribution is 1.95. The molecule has 0 bridgehead atoms. The number of guanidine groups is 1.